The molecule has 186 valence electrons. The maximum atomic E-state index is 13.1. The average molecular weight is 490 g/mol. The Morgan fingerprint density at radius 2 is 2.00 bits per heavy atom. The van der Waals surface area contributed by atoms with Gasteiger partial charge in [0.25, 0.3) is 0 Å². The smallest absolute Gasteiger partial charge is 0.338 e. The van der Waals surface area contributed by atoms with Gasteiger partial charge in [-0.05, 0) is 50.1 Å². The van der Waals surface area contributed by atoms with E-state index in [2.05, 4.69) is 22.1 Å². The Labute approximate surface area is 205 Å². The van der Waals surface area contributed by atoms with Crippen molar-refractivity contribution in [2.45, 2.75) is 39.3 Å². The summed E-state index contributed by atoms with van der Waals surface area (Å²) in [6, 6.07) is 0.971. The summed E-state index contributed by atoms with van der Waals surface area (Å²) in [5, 5.41) is 9.81. The molecule has 1 atom stereocenters. The van der Waals surface area contributed by atoms with Gasteiger partial charge in [-0.15, -0.1) is 6.58 Å². The Morgan fingerprint density at radius 1 is 1.29 bits per heavy atom. The first-order valence-corrected chi connectivity index (χ1v) is 12.5. The van der Waals surface area contributed by atoms with Gasteiger partial charge in [-0.3, -0.25) is 9.80 Å². The third-order valence-electron chi connectivity index (χ3n) is 5.64. The Balaban J connectivity index is 1.87. The summed E-state index contributed by atoms with van der Waals surface area (Å²) >= 11 is 1.51. The van der Waals surface area contributed by atoms with E-state index in [4.69, 9.17) is 4.74 Å². The molecule has 9 nitrogen and oxygen atoms in total. The van der Waals surface area contributed by atoms with Gasteiger partial charge in [0.2, 0.25) is 0 Å². The highest BCUT2D eigenvalue weighted by atomic mass is 32.1. The minimum Gasteiger partial charge on any atom is -0.463 e. The first-order valence-electron chi connectivity index (χ1n) is 11.5. The fourth-order valence-electron chi connectivity index (χ4n) is 4.06. The number of esters is 1. The van der Waals surface area contributed by atoms with Gasteiger partial charge < -0.3 is 20.3 Å². The van der Waals surface area contributed by atoms with E-state index in [-0.39, 0.29) is 30.8 Å². The fourth-order valence-corrected chi connectivity index (χ4v) is 4.74. The molecule has 34 heavy (non-hydrogen) atoms. The van der Waals surface area contributed by atoms with E-state index < -0.39 is 12.0 Å². The van der Waals surface area contributed by atoms with E-state index in [1.807, 2.05) is 37.6 Å². The highest BCUT2D eigenvalue weighted by molar-refractivity contribution is 7.08. The maximum absolute atomic E-state index is 13.1. The second-order valence-electron chi connectivity index (χ2n) is 9.36. The number of hydrogen-bond acceptors (Lipinski definition) is 6. The van der Waals surface area contributed by atoms with Crippen LogP contribution in [0, 0.1) is 0 Å². The zero-order chi connectivity index (χ0) is 24.9. The van der Waals surface area contributed by atoms with Crippen LogP contribution in [0.25, 0.3) is 0 Å². The van der Waals surface area contributed by atoms with Gasteiger partial charge in [-0.1, -0.05) is 6.08 Å². The third kappa shape index (κ3) is 6.18. The van der Waals surface area contributed by atoms with Crippen molar-refractivity contribution in [1.82, 2.24) is 25.3 Å². The van der Waals surface area contributed by atoms with Crippen LogP contribution in [0.2, 0.25) is 0 Å². The van der Waals surface area contributed by atoms with Crippen LogP contribution in [0.3, 0.4) is 0 Å². The van der Waals surface area contributed by atoms with Crippen LogP contribution in [-0.2, 0) is 9.53 Å². The number of carbonyl (C=O) groups excluding carboxylic acids is 3. The number of urea groups is 2. The molecule has 0 radical (unpaired) electrons. The summed E-state index contributed by atoms with van der Waals surface area (Å²) in [5.74, 6) is -0.439. The summed E-state index contributed by atoms with van der Waals surface area (Å²) in [6.07, 6.45) is 1.64. The van der Waals surface area contributed by atoms with Crippen molar-refractivity contribution in [3.8, 4) is 0 Å². The van der Waals surface area contributed by atoms with Gasteiger partial charge in [0.05, 0.1) is 18.2 Å². The fraction of sp³-hybridized carbons (Fsp3) is 0.542. The van der Waals surface area contributed by atoms with Crippen molar-refractivity contribution in [2.24, 2.45) is 0 Å². The van der Waals surface area contributed by atoms with Crippen LogP contribution in [0.5, 0.6) is 0 Å². The van der Waals surface area contributed by atoms with Crippen molar-refractivity contribution in [3.63, 3.8) is 0 Å². The third-order valence-corrected chi connectivity index (χ3v) is 6.34. The molecular weight excluding hydrogens is 454 g/mol. The first-order chi connectivity index (χ1) is 16.1. The molecule has 10 heteroatoms. The summed E-state index contributed by atoms with van der Waals surface area (Å²) < 4.78 is 5.41. The molecule has 0 spiro atoms. The largest absolute Gasteiger partial charge is 0.463 e. The Bertz CT molecular complexity index is 930. The summed E-state index contributed by atoms with van der Waals surface area (Å²) in [4.78, 5) is 44.2. The molecule has 0 saturated carbocycles. The number of amides is 4. The SMILES string of the molecule is C=CCN1C(=O)N[C@@H](c2ccsc2)C(C(=O)OCC)=C1CN1CCN(C(=O)NC(C)(C)C)CC1. The normalized spacial score (nSPS) is 19.6. The van der Waals surface area contributed by atoms with Crippen LogP contribution in [0.4, 0.5) is 9.59 Å². The predicted octanol–water partition coefficient (Wildman–Crippen LogP) is 2.94. The lowest BCUT2D eigenvalue weighted by atomic mass is 9.96. The second kappa shape index (κ2) is 11.1. The minimum atomic E-state index is -0.576. The monoisotopic (exact) mass is 489 g/mol. The quantitative estimate of drug-likeness (QED) is 0.454. The highest BCUT2D eigenvalue weighted by Crippen LogP contribution is 2.33. The highest BCUT2D eigenvalue weighted by Gasteiger charge is 2.39. The van der Waals surface area contributed by atoms with Crippen molar-refractivity contribution in [1.29, 1.82) is 0 Å². The zero-order valence-corrected chi connectivity index (χ0v) is 21.2. The first kappa shape index (κ1) is 25.8. The molecule has 1 saturated heterocycles. The lowest BCUT2D eigenvalue weighted by Gasteiger charge is -2.40. The summed E-state index contributed by atoms with van der Waals surface area (Å²) in [7, 11) is 0. The van der Waals surface area contributed by atoms with Crippen LogP contribution in [-0.4, -0.2) is 84.1 Å². The molecule has 0 bridgehead atoms. The van der Waals surface area contributed by atoms with Crippen molar-refractivity contribution < 1.29 is 19.1 Å². The van der Waals surface area contributed by atoms with Gasteiger partial charge >= 0.3 is 18.0 Å². The number of nitrogens with one attached hydrogen (secondary N) is 2. The Hall–Kier alpha value is -2.85. The van der Waals surface area contributed by atoms with Crippen LogP contribution in [0.1, 0.15) is 39.3 Å². The number of thiophene rings is 1. The molecule has 1 aromatic rings. The molecule has 1 fully saturated rings. The van der Waals surface area contributed by atoms with E-state index in [0.29, 0.717) is 44.0 Å². The Kier molecular flexibility index (Phi) is 8.37. The van der Waals surface area contributed by atoms with Crippen LogP contribution in [0.15, 0.2) is 40.8 Å². The van der Waals surface area contributed by atoms with E-state index in [0.717, 1.165) is 5.56 Å². The average Bonchev–Trinajstić information content (AvgIpc) is 3.30. The lowest BCUT2D eigenvalue weighted by Crippen LogP contribution is -2.56. The summed E-state index contributed by atoms with van der Waals surface area (Å²) in [6.45, 7) is 14.7. The molecule has 0 unspecified atom stereocenters. The zero-order valence-electron chi connectivity index (χ0n) is 20.4. The summed E-state index contributed by atoms with van der Waals surface area (Å²) in [5.41, 5.74) is 1.60. The van der Waals surface area contributed by atoms with Crippen molar-refractivity contribution in [3.05, 3.63) is 46.3 Å². The van der Waals surface area contributed by atoms with Crippen LogP contribution < -0.4 is 10.6 Å². The van der Waals surface area contributed by atoms with E-state index in [1.54, 1.807) is 22.8 Å². The molecule has 2 aliphatic heterocycles. The van der Waals surface area contributed by atoms with E-state index in [9.17, 15) is 14.4 Å². The Morgan fingerprint density at radius 3 is 2.56 bits per heavy atom. The van der Waals surface area contributed by atoms with Crippen molar-refractivity contribution >= 4 is 29.4 Å². The number of nitrogens with zero attached hydrogens (tertiary/aromatic N) is 3. The number of rotatable bonds is 7. The number of hydrogen-bond donors (Lipinski definition) is 2. The van der Waals surface area contributed by atoms with Crippen LogP contribution >= 0.6 is 11.3 Å². The maximum Gasteiger partial charge on any atom is 0.338 e. The molecular formula is C24H35N5O4S. The molecule has 3 rings (SSSR count). The number of piperazine rings is 1. The predicted molar refractivity (Wildman–Crippen MR) is 132 cm³/mol. The van der Waals surface area contributed by atoms with Gasteiger partial charge in [-0.25, -0.2) is 14.4 Å². The number of carbonyl (C=O) groups is 3. The second-order valence-corrected chi connectivity index (χ2v) is 10.1. The number of ether oxygens (including phenoxy) is 1. The molecule has 1 aromatic heterocycles. The van der Waals surface area contributed by atoms with Gasteiger partial charge in [0, 0.05) is 50.5 Å². The minimum absolute atomic E-state index is 0.0820. The van der Waals surface area contributed by atoms with Crippen molar-refractivity contribution in [2.75, 3.05) is 45.9 Å². The molecule has 0 aliphatic carbocycles. The molecule has 2 aliphatic rings. The van der Waals surface area contributed by atoms with E-state index >= 15 is 0 Å². The van der Waals surface area contributed by atoms with Gasteiger partial charge in [0.15, 0.2) is 0 Å². The molecule has 0 aromatic carbocycles. The molecule has 3 heterocycles. The molecule has 4 amide bonds. The topological polar surface area (TPSA) is 94.2 Å². The molecule has 2 N–H and O–H groups in total. The van der Waals surface area contributed by atoms with Gasteiger partial charge in [-0.2, -0.15) is 11.3 Å². The standard InChI is InChI=1S/C24H35N5O4S/c1-6-9-29-18(15-27-10-12-28(13-11-27)23(32)26-24(3,4)5)19(21(30)33-7-2)20(25-22(29)31)17-8-14-34-16-17/h6,8,14,16,20H,1,7,9-13,15H2,2-5H3,(H,25,31)(H,26,32)/t20-/m0/s1. The lowest BCUT2D eigenvalue weighted by molar-refractivity contribution is -0.139. The van der Waals surface area contributed by atoms with E-state index in [1.165, 1.54) is 11.3 Å². The van der Waals surface area contributed by atoms with Gasteiger partial charge in [0.1, 0.15) is 0 Å².